The number of halogens is 2. The first-order chi connectivity index (χ1) is 7.66. The third-order valence-corrected chi connectivity index (χ3v) is 3.11. The second-order valence-corrected chi connectivity index (χ2v) is 4.61. The molecule has 0 spiro atoms. The number of carbonyl (C=O) groups excluding carboxylic acids is 1. The topological polar surface area (TPSA) is 41.1 Å². The summed E-state index contributed by atoms with van der Waals surface area (Å²) in [6.07, 6.45) is 1.91. The second kappa shape index (κ2) is 5.04. The van der Waals surface area contributed by atoms with Gasteiger partial charge in [0.2, 0.25) is 5.91 Å². The minimum atomic E-state index is -0.105. The molecule has 0 radical (unpaired) electrons. The maximum atomic E-state index is 11.8. The summed E-state index contributed by atoms with van der Waals surface area (Å²) in [4.78, 5) is 11.8. The smallest absolute Gasteiger partial charge is 0.241 e. The van der Waals surface area contributed by atoms with E-state index in [-0.39, 0.29) is 11.9 Å². The van der Waals surface area contributed by atoms with Crippen molar-refractivity contribution in [3.05, 3.63) is 28.2 Å². The number of anilines is 1. The van der Waals surface area contributed by atoms with Gasteiger partial charge in [-0.3, -0.25) is 4.79 Å². The third-order valence-electron chi connectivity index (χ3n) is 2.57. The molecule has 1 amide bonds. The lowest BCUT2D eigenvalue weighted by atomic mass is 10.2. The molecule has 2 rings (SSSR count). The molecule has 1 aromatic carbocycles. The van der Waals surface area contributed by atoms with Crippen LogP contribution in [0.3, 0.4) is 0 Å². The Kier molecular flexibility index (Phi) is 3.69. The Balaban J connectivity index is 2.05. The second-order valence-electron chi connectivity index (χ2n) is 3.76. The summed E-state index contributed by atoms with van der Waals surface area (Å²) in [7, 11) is 0. The first kappa shape index (κ1) is 11.7. The normalized spacial score (nSPS) is 19.8. The Morgan fingerprint density at radius 3 is 2.88 bits per heavy atom. The van der Waals surface area contributed by atoms with Crippen LogP contribution in [0.15, 0.2) is 18.2 Å². The fourth-order valence-electron chi connectivity index (χ4n) is 1.72. The molecule has 0 aliphatic carbocycles. The van der Waals surface area contributed by atoms with Crippen LogP contribution in [-0.2, 0) is 4.79 Å². The average molecular weight is 259 g/mol. The van der Waals surface area contributed by atoms with E-state index in [0.29, 0.717) is 15.7 Å². The highest BCUT2D eigenvalue weighted by molar-refractivity contribution is 6.36. The van der Waals surface area contributed by atoms with Gasteiger partial charge in [-0.05, 0) is 37.6 Å². The molecule has 1 fully saturated rings. The fourth-order valence-corrected chi connectivity index (χ4v) is 2.17. The van der Waals surface area contributed by atoms with Crippen LogP contribution >= 0.6 is 23.2 Å². The maximum absolute atomic E-state index is 11.8. The molecule has 1 heterocycles. The molecule has 1 aromatic rings. The molecule has 1 atom stereocenters. The number of hydrogen-bond donors (Lipinski definition) is 2. The number of hydrogen-bond acceptors (Lipinski definition) is 2. The maximum Gasteiger partial charge on any atom is 0.241 e. The van der Waals surface area contributed by atoms with Gasteiger partial charge in [-0.15, -0.1) is 0 Å². The van der Waals surface area contributed by atoms with Crippen molar-refractivity contribution >= 4 is 34.8 Å². The van der Waals surface area contributed by atoms with E-state index < -0.39 is 0 Å². The molecule has 2 N–H and O–H groups in total. The molecule has 1 saturated heterocycles. The lowest BCUT2D eigenvalue weighted by Crippen LogP contribution is -2.35. The van der Waals surface area contributed by atoms with Crippen LogP contribution in [0.1, 0.15) is 12.8 Å². The zero-order chi connectivity index (χ0) is 11.5. The number of benzene rings is 1. The van der Waals surface area contributed by atoms with Crippen molar-refractivity contribution in [1.82, 2.24) is 5.32 Å². The van der Waals surface area contributed by atoms with Gasteiger partial charge in [0, 0.05) is 5.02 Å². The van der Waals surface area contributed by atoms with Crippen molar-refractivity contribution in [3.63, 3.8) is 0 Å². The van der Waals surface area contributed by atoms with Gasteiger partial charge in [-0.1, -0.05) is 23.2 Å². The quantitative estimate of drug-likeness (QED) is 0.857. The van der Waals surface area contributed by atoms with Gasteiger partial charge in [-0.25, -0.2) is 0 Å². The lowest BCUT2D eigenvalue weighted by molar-refractivity contribution is -0.117. The van der Waals surface area contributed by atoms with Crippen LogP contribution in [0.5, 0.6) is 0 Å². The third kappa shape index (κ3) is 2.67. The van der Waals surface area contributed by atoms with Gasteiger partial charge in [0.05, 0.1) is 16.8 Å². The van der Waals surface area contributed by atoms with Crippen LogP contribution < -0.4 is 10.6 Å². The standard InChI is InChI=1S/C11H12Cl2N2O/c12-7-3-4-9(8(13)6-7)15-11(16)10-2-1-5-14-10/h3-4,6,10,14H,1-2,5H2,(H,15,16)/t10-/m1/s1. The van der Waals surface area contributed by atoms with Crippen LogP contribution in [0.2, 0.25) is 10.0 Å². The van der Waals surface area contributed by atoms with E-state index in [1.165, 1.54) is 0 Å². The van der Waals surface area contributed by atoms with Gasteiger partial charge in [0.15, 0.2) is 0 Å². The summed E-state index contributed by atoms with van der Waals surface area (Å²) in [6.45, 7) is 0.895. The van der Waals surface area contributed by atoms with Crippen LogP contribution in [0, 0.1) is 0 Å². The first-order valence-electron chi connectivity index (χ1n) is 5.16. The predicted octanol–water partition coefficient (Wildman–Crippen LogP) is 2.68. The van der Waals surface area contributed by atoms with Gasteiger partial charge >= 0.3 is 0 Å². The Morgan fingerprint density at radius 1 is 1.44 bits per heavy atom. The summed E-state index contributed by atoms with van der Waals surface area (Å²) >= 11 is 11.7. The van der Waals surface area contributed by atoms with Crippen molar-refractivity contribution in [2.24, 2.45) is 0 Å². The number of nitrogens with one attached hydrogen (secondary N) is 2. The number of rotatable bonds is 2. The Morgan fingerprint density at radius 2 is 2.25 bits per heavy atom. The molecule has 5 heteroatoms. The monoisotopic (exact) mass is 258 g/mol. The van der Waals surface area contributed by atoms with Gasteiger partial charge in [0.25, 0.3) is 0 Å². The van der Waals surface area contributed by atoms with Crippen LogP contribution in [0.25, 0.3) is 0 Å². The van der Waals surface area contributed by atoms with E-state index in [2.05, 4.69) is 10.6 Å². The zero-order valence-corrected chi connectivity index (χ0v) is 10.1. The zero-order valence-electron chi connectivity index (χ0n) is 8.59. The van der Waals surface area contributed by atoms with Gasteiger partial charge in [0.1, 0.15) is 0 Å². The molecule has 1 aliphatic rings. The summed E-state index contributed by atoms with van der Waals surface area (Å²) in [5.41, 5.74) is 0.602. The fraction of sp³-hybridized carbons (Fsp3) is 0.364. The minimum Gasteiger partial charge on any atom is -0.323 e. The van der Waals surface area contributed by atoms with E-state index in [1.807, 2.05) is 0 Å². The van der Waals surface area contributed by atoms with Crippen molar-refractivity contribution in [1.29, 1.82) is 0 Å². The number of carbonyl (C=O) groups is 1. The van der Waals surface area contributed by atoms with Crippen LogP contribution in [0.4, 0.5) is 5.69 Å². The molecule has 0 aromatic heterocycles. The Hall–Kier alpha value is -0.770. The molecule has 0 saturated carbocycles. The molecule has 0 bridgehead atoms. The molecule has 0 unspecified atom stereocenters. The predicted molar refractivity (Wildman–Crippen MR) is 66.1 cm³/mol. The molecule has 1 aliphatic heterocycles. The highest BCUT2D eigenvalue weighted by Crippen LogP contribution is 2.25. The molecule has 16 heavy (non-hydrogen) atoms. The molecular weight excluding hydrogens is 247 g/mol. The Bertz CT molecular complexity index is 403. The first-order valence-corrected chi connectivity index (χ1v) is 5.92. The summed E-state index contributed by atoms with van der Waals surface area (Å²) in [6, 6.07) is 4.91. The van der Waals surface area contributed by atoms with Gasteiger partial charge in [-0.2, -0.15) is 0 Å². The van der Waals surface area contributed by atoms with Crippen molar-refractivity contribution in [3.8, 4) is 0 Å². The van der Waals surface area contributed by atoms with E-state index in [4.69, 9.17) is 23.2 Å². The summed E-state index contributed by atoms with van der Waals surface area (Å²) in [5, 5.41) is 6.93. The lowest BCUT2D eigenvalue weighted by Gasteiger charge is -2.12. The summed E-state index contributed by atoms with van der Waals surface area (Å²) < 4.78 is 0. The Labute approximate surface area is 104 Å². The van der Waals surface area contributed by atoms with Crippen molar-refractivity contribution in [2.45, 2.75) is 18.9 Å². The summed E-state index contributed by atoms with van der Waals surface area (Å²) in [5.74, 6) is -0.0401. The SMILES string of the molecule is O=C(Nc1ccc(Cl)cc1Cl)[C@H]1CCCN1. The van der Waals surface area contributed by atoms with Crippen molar-refractivity contribution < 1.29 is 4.79 Å². The van der Waals surface area contributed by atoms with E-state index in [1.54, 1.807) is 18.2 Å². The largest absolute Gasteiger partial charge is 0.323 e. The minimum absolute atomic E-state index is 0.0401. The average Bonchev–Trinajstić information content (AvgIpc) is 2.75. The van der Waals surface area contributed by atoms with E-state index in [0.717, 1.165) is 19.4 Å². The van der Waals surface area contributed by atoms with E-state index in [9.17, 15) is 4.79 Å². The molecule has 3 nitrogen and oxygen atoms in total. The van der Waals surface area contributed by atoms with Crippen LogP contribution in [-0.4, -0.2) is 18.5 Å². The van der Waals surface area contributed by atoms with Crippen molar-refractivity contribution in [2.75, 3.05) is 11.9 Å². The molecule has 86 valence electrons. The highest BCUT2D eigenvalue weighted by atomic mass is 35.5. The molecular formula is C11H12Cl2N2O. The van der Waals surface area contributed by atoms with E-state index >= 15 is 0 Å². The van der Waals surface area contributed by atoms with Gasteiger partial charge < -0.3 is 10.6 Å². The number of amides is 1. The highest BCUT2D eigenvalue weighted by Gasteiger charge is 2.22.